The van der Waals surface area contributed by atoms with Crippen LogP contribution >= 0.6 is 0 Å². The van der Waals surface area contributed by atoms with E-state index < -0.39 is 11.7 Å². The van der Waals surface area contributed by atoms with E-state index in [1.165, 1.54) is 0 Å². The summed E-state index contributed by atoms with van der Waals surface area (Å²) in [5.74, 6) is 0. The highest BCUT2D eigenvalue weighted by Crippen LogP contribution is 2.18. The standard InChI is InChI=1S/C17H24N4O2/c1-12-13(11-19-21(12)5)10-18-14-7-6-8-15(9-14)20-16(22)23-17(2,3)4/h6-9,11,18H,10H2,1-5H3,(H,20,22). The zero-order chi connectivity index (χ0) is 17.0. The van der Waals surface area contributed by atoms with Crippen molar-refractivity contribution in [3.8, 4) is 0 Å². The molecule has 0 aliphatic rings. The molecular formula is C17H24N4O2. The highest BCUT2D eigenvalue weighted by Gasteiger charge is 2.16. The monoisotopic (exact) mass is 316 g/mol. The van der Waals surface area contributed by atoms with Crippen molar-refractivity contribution in [1.29, 1.82) is 0 Å². The van der Waals surface area contributed by atoms with E-state index in [-0.39, 0.29) is 0 Å². The molecule has 0 saturated heterocycles. The lowest BCUT2D eigenvalue weighted by Gasteiger charge is -2.19. The van der Waals surface area contributed by atoms with Crippen LogP contribution in [-0.2, 0) is 18.3 Å². The van der Waals surface area contributed by atoms with Gasteiger partial charge in [-0.15, -0.1) is 0 Å². The number of carbonyl (C=O) groups is 1. The molecule has 0 fully saturated rings. The Hall–Kier alpha value is -2.50. The highest BCUT2D eigenvalue weighted by molar-refractivity contribution is 5.85. The van der Waals surface area contributed by atoms with Gasteiger partial charge in [0.1, 0.15) is 5.60 Å². The second-order valence-corrected chi connectivity index (χ2v) is 6.44. The van der Waals surface area contributed by atoms with Gasteiger partial charge < -0.3 is 10.1 Å². The number of aromatic nitrogens is 2. The molecule has 0 spiro atoms. The molecule has 2 rings (SSSR count). The summed E-state index contributed by atoms with van der Waals surface area (Å²) in [4.78, 5) is 11.8. The Balaban J connectivity index is 1.97. The Kier molecular flexibility index (Phi) is 4.93. The summed E-state index contributed by atoms with van der Waals surface area (Å²) in [6.07, 6.45) is 1.39. The number of ether oxygens (including phenoxy) is 1. The van der Waals surface area contributed by atoms with Gasteiger partial charge in [0.25, 0.3) is 0 Å². The summed E-state index contributed by atoms with van der Waals surface area (Å²) in [5.41, 5.74) is 3.35. The molecule has 0 unspecified atom stereocenters. The second-order valence-electron chi connectivity index (χ2n) is 6.44. The number of rotatable bonds is 4. The molecule has 1 amide bonds. The predicted molar refractivity (Wildman–Crippen MR) is 91.6 cm³/mol. The minimum absolute atomic E-state index is 0.460. The first-order valence-corrected chi connectivity index (χ1v) is 7.56. The number of benzene rings is 1. The Bertz CT molecular complexity index is 686. The van der Waals surface area contributed by atoms with Gasteiger partial charge in [0.05, 0.1) is 6.20 Å². The maximum Gasteiger partial charge on any atom is 0.412 e. The third-order valence-electron chi connectivity index (χ3n) is 3.33. The maximum absolute atomic E-state index is 11.8. The van der Waals surface area contributed by atoms with Crippen molar-refractivity contribution in [2.45, 2.75) is 39.8 Å². The fourth-order valence-corrected chi connectivity index (χ4v) is 2.04. The van der Waals surface area contributed by atoms with Crippen LogP contribution in [0.4, 0.5) is 16.2 Å². The molecule has 2 aromatic rings. The topological polar surface area (TPSA) is 68.2 Å². The summed E-state index contributed by atoms with van der Waals surface area (Å²) in [6.45, 7) is 8.21. The number of aryl methyl sites for hydroxylation is 1. The number of amides is 1. The first-order chi connectivity index (χ1) is 10.7. The van der Waals surface area contributed by atoms with Crippen LogP contribution in [-0.4, -0.2) is 21.5 Å². The molecule has 2 N–H and O–H groups in total. The van der Waals surface area contributed by atoms with E-state index in [2.05, 4.69) is 15.7 Å². The SMILES string of the molecule is Cc1c(CNc2cccc(NC(=O)OC(C)(C)C)c2)cnn1C. The van der Waals surface area contributed by atoms with Gasteiger partial charge >= 0.3 is 6.09 Å². The molecule has 6 nitrogen and oxygen atoms in total. The molecule has 0 aliphatic heterocycles. The fourth-order valence-electron chi connectivity index (χ4n) is 2.04. The van der Waals surface area contributed by atoms with Crippen molar-refractivity contribution in [2.24, 2.45) is 7.05 Å². The van der Waals surface area contributed by atoms with Gasteiger partial charge in [-0.3, -0.25) is 10.00 Å². The number of nitrogens with one attached hydrogen (secondary N) is 2. The van der Waals surface area contributed by atoms with Crippen molar-refractivity contribution in [2.75, 3.05) is 10.6 Å². The number of hydrogen-bond donors (Lipinski definition) is 2. The van der Waals surface area contributed by atoms with E-state index in [1.807, 2.05) is 69.9 Å². The average molecular weight is 316 g/mol. The Labute approximate surface area is 136 Å². The summed E-state index contributed by atoms with van der Waals surface area (Å²) < 4.78 is 7.09. The molecule has 0 radical (unpaired) electrons. The number of anilines is 2. The molecule has 124 valence electrons. The quantitative estimate of drug-likeness (QED) is 0.902. The van der Waals surface area contributed by atoms with Gasteiger partial charge in [0.2, 0.25) is 0 Å². The van der Waals surface area contributed by atoms with Crippen LogP contribution < -0.4 is 10.6 Å². The first kappa shape index (κ1) is 16.9. The van der Waals surface area contributed by atoms with Crippen LogP contribution in [0.1, 0.15) is 32.0 Å². The van der Waals surface area contributed by atoms with E-state index in [0.29, 0.717) is 12.2 Å². The zero-order valence-electron chi connectivity index (χ0n) is 14.3. The number of hydrogen-bond acceptors (Lipinski definition) is 4. The Morgan fingerprint density at radius 3 is 2.61 bits per heavy atom. The lowest BCUT2D eigenvalue weighted by atomic mass is 10.2. The molecule has 23 heavy (non-hydrogen) atoms. The summed E-state index contributed by atoms with van der Waals surface area (Å²) in [5, 5.41) is 10.3. The van der Waals surface area contributed by atoms with Crippen molar-refractivity contribution < 1.29 is 9.53 Å². The molecule has 0 saturated carbocycles. The van der Waals surface area contributed by atoms with E-state index in [4.69, 9.17) is 4.74 Å². The van der Waals surface area contributed by atoms with Gasteiger partial charge in [0, 0.05) is 36.2 Å². The molecule has 0 aliphatic carbocycles. The lowest BCUT2D eigenvalue weighted by Crippen LogP contribution is -2.27. The smallest absolute Gasteiger partial charge is 0.412 e. The Morgan fingerprint density at radius 1 is 1.30 bits per heavy atom. The van der Waals surface area contributed by atoms with Crippen molar-refractivity contribution in [3.05, 3.63) is 41.7 Å². The van der Waals surface area contributed by atoms with Crippen LogP contribution in [0.15, 0.2) is 30.5 Å². The summed E-state index contributed by atoms with van der Waals surface area (Å²) in [7, 11) is 1.92. The normalized spacial score (nSPS) is 11.2. The van der Waals surface area contributed by atoms with Crippen LogP contribution in [0.2, 0.25) is 0 Å². The van der Waals surface area contributed by atoms with E-state index in [0.717, 1.165) is 16.9 Å². The first-order valence-electron chi connectivity index (χ1n) is 7.56. The average Bonchev–Trinajstić information content (AvgIpc) is 2.75. The van der Waals surface area contributed by atoms with Crippen LogP contribution in [0.3, 0.4) is 0 Å². The minimum Gasteiger partial charge on any atom is -0.444 e. The van der Waals surface area contributed by atoms with E-state index in [1.54, 1.807) is 0 Å². The van der Waals surface area contributed by atoms with Crippen molar-refractivity contribution >= 4 is 17.5 Å². The van der Waals surface area contributed by atoms with Gasteiger partial charge in [-0.05, 0) is 45.9 Å². The number of carbonyl (C=O) groups excluding carboxylic acids is 1. The van der Waals surface area contributed by atoms with Crippen molar-refractivity contribution in [3.63, 3.8) is 0 Å². The third kappa shape index (κ3) is 5.02. The third-order valence-corrected chi connectivity index (χ3v) is 3.33. The van der Waals surface area contributed by atoms with E-state index in [9.17, 15) is 4.79 Å². The molecule has 6 heteroatoms. The maximum atomic E-state index is 11.8. The van der Waals surface area contributed by atoms with Gasteiger partial charge in [-0.2, -0.15) is 5.10 Å². The summed E-state index contributed by atoms with van der Waals surface area (Å²) >= 11 is 0. The fraction of sp³-hybridized carbons (Fsp3) is 0.412. The van der Waals surface area contributed by atoms with Crippen LogP contribution in [0, 0.1) is 6.92 Å². The Morgan fingerprint density at radius 2 is 2.00 bits per heavy atom. The van der Waals surface area contributed by atoms with Crippen molar-refractivity contribution in [1.82, 2.24) is 9.78 Å². The largest absolute Gasteiger partial charge is 0.444 e. The predicted octanol–water partition coefficient (Wildman–Crippen LogP) is 3.69. The zero-order valence-corrected chi connectivity index (χ0v) is 14.3. The molecular weight excluding hydrogens is 292 g/mol. The molecule has 1 aromatic carbocycles. The van der Waals surface area contributed by atoms with Crippen LogP contribution in [0.25, 0.3) is 0 Å². The molecule has 1 aromatic heterocycles. The van der Waals surface area contributed by atoms with Crippen LogP contribution in [0.5, 0.6) is 0 Å². The highest BCUT2D eigenvalue weighted by atomic mass is 16.6. The summed E-state index contributed by atoms with van der Waals surface area (Å²) in [6, 6.07) is 7.52. The molecule has 0 bridgehead atoms. The second kappa shape index (κ2) is 6.73. The molecule has 1 heterocycles. The molecule has 0 atom stereocenters. The lowest BCUT2D eigenvalue weighted by molar-refractivity contribution is 0.0636. The van der Waals surface area contributed by atoms with Gasteiger partial charge in [-0.25, -0.2) is 4.79 Å². The minimum atomic E-state index is -0.516. The number of nitrogens with zero attached hydrogens (tertiary/aromatic N) is 2. The van der Waals surface area contributed by atoms with Gasteiger partial charge in [-0.1, -0.05) is 6.07 Å². The van der Waals surface area contributed by atoms with E-state index >= 15 is 0 Å². The van der Waals surface area contributed by atoms with Gasteiger partial charge in [0.15, 0.2) is 0 Å².